The van der Waals surface area contributed by atoms with Gasteiger partial charge in [-0.1, -0.05) is 42.5 Å². The van der Waals surface area contributed by atoms with E-state index in [1.54, 1.807) is 0 Å². The first-order chi connectivity index (χ1) is 10.8. The molecule has 1 N–H and O–H groups in total. The Balaban J connectivity index is 1.74. The monoisotopic (exact) mass is 288 g/mol. The van der Waals surface area contributed by atoms with Crippen molar-refractivity contribution >= 4 is 5.95 Å². The minimum absolute atomic E-state index is 0.671. The zero-order valence-electron chi connectivity index (χ0n) is 12.3. The summed E-state index contributed by atoms with van der Waals surface area (Å²) in [6.07, 6.45) is 1.87. The van der Waals surface area contributed by atoms with E-state index >= 15 is 0 Å². The Morgan fingerprint density at radius 1 is 1.09 bits per heavy atom. The molecule has 0 aliphatic heterocycles. The lowest BCUT2D eigenvalue weighted by Gasteiger charge is -2.08. The van der Waals surface area contributed by atoms with Crippen molar-refractivity contribution in [1.29, 1.82) is 5.26 Å². The summed E-state index contributed by atoms with van der Waals surface area (Å²) in [6.45, 7) is 0.671. The van der Waals surface area contributed by atoms with Crippen LogP contribution in [0.1, 0.15) is 11.1 Å². The first-order valence-electron chi connectivity index (χ1n) is 7.08. The molecule has 3 aromatic rings. The van der Waals surface area contributed by atoms with E-state index < -0.39 is 0 Å². The molecular weight excluding hydrogens is 272 g/mol. The average molecular weight is 288 g/mol. The third kappa shape index (κ3) is 2.84. The number of hydrogen-bond donors (Lipinski definition) is 1. The molecule has 0 fully saturated rings. The van der Waals surface area contributed by atoms with Crippen LogP contribution in [0.15, 0.2) is 60.8 Å². The number of nitriles is 1. The highest BCUT2D eigenvalue weighted by atomic mass is 15.2. The van der Waals surface area contributed by atoms with E-state index in [4.69, 9.17) is 5.26 Å². The van der Waals surface area contributed by atoms with Gasteiger partial charge < -0.3 is 9.88 Å². The highest BCUT2D eigenvalue weighted by Crippen LogP contribution is 2.21. The van der Waals surface area contributed by atoms with Gasteiger partial charge >= 0.3 is 0 Å². The van der Waals surface area contributed by atoms with Crippen molar-refractivity contribution < 1.29 is 0 Å². The first kappa shape index (κ1) is 13.9. The van der Waals surface area contributed by atoms with Crippen molar-refractivity contribution in [2.24, 2.45) is 7.05 Å². The molecule has 0 saturated heterocycles. The number of nitrogens with zero attached hydrogens (tertiary/aromatic N) is 3. The summed E-state index contributed by atoms with van der Waals surface area (Å²) in [4.78, 5) is 4.44. The fourth-order valence-corrected chi connectivity index (χ4v) is 2.33. The van der Waals surface area contributed by atoms with E-state index in [0.29, 0.717) is 12.1 Å². The largest absolute Gasteiger partial charge is 0.352 e. The second-order valence-electron chi connectivity index (χ2n) is 5.05. The molecule has 0 spiro atoms. The quantitative estimate of drug-likeness (QED) is 0.798. The van der Waals surface area contributed by atoms with Crippen molar-refractivity contribution in [2.75, 3.05) is 5.32 Å². The molecule has 0 amide bonds. The van der Waals surface area contributed by atoms with Crippen LogP contribution in [0.2, 0.25) is 0 Å². The first-order valence-corrected chi connectivity index (χ1v) is 7.08. The van der Waals surface area contributed by atoms with Gasteiger partial charge in [0.15, 0.2) is 0 Å². The van der Waals surface area contributed by atoms with E-state index in [9.17, 15) is 0 Å². The zero-order chi connectivity index (χ0) is 15.4. The molecule has 0 saturated carbocycles. The van der Waals surface area contributed by atoms with Crippen LogP contribution >= 0.6 is 0 Å². The van der Waals surface area contributed by atoms with Gasteiger partial charge in [-0.3, -0.25) is 0 Å². The van der Waals surface area contributed by atoms with E-state index in [-0.39, 0.29) is 0 Å². The summed E-state index contributed by atoms with van der Waals surface area (Å²) in [5, 5.41) is 12.1. The van der Waals surface area contributed by atoms with Gasteiger partial charge in [0, 0.05) is 13.6 Å². The molecule has 108 valence electrons. The maximum absolute atomic E-state index is 8.80. The standard InChI is InChI=1S/C18H16N4/c1-22-17(16-5-3-2-4-6-16)13-21-18(22)20-12-15-9-7-14(11-19)8-10-15/h2-10,13H,12H2,1H3,(H,20,21). The highest BCUT2D eigenvalue weighted by molar-refractivity contribution is 5.61. The lowest BCUT2D eigenvalue weighted by atomic mass is 10.1. The molecule has 4 nitrogen and oxygen atoms in total. The second kappa shape index (κ2) is 6.15. The minimum Gasteiger partial charge on any atom is -0.352 e. The number of rotatable bonds is 4. The van der Waals surface area contributed by atoms with Crippen LogP contribution in [0.25, 0.3) is 11.3 Å². The van der Waals surface area contributed by atoms with Gasteiger partial charge in [0.2, 0.25) is 5.95 Å². The zero-order valence-corrected chi connectivity index (χ0v) is 12.3. The van der Waals surface area contributed by atoms with Crippen LogP contribution in [0.4, 0.5) is 5.95 Å². The molecular formula is C18H16N4. The van der Waals surface area contributed by atoms with Crippen molar-refractivity contribution in [2.45, 2.75) is 6.54 Å². The lowest BCUT2D eigenvalue weighted by Crippen LogP contribution is -2.05. The van der Waals surface area contributed by atoms with Gasteiger partial charge in [-0.15, -0.1) is 0 Å². The van der Waals surface area contributed by atoms with Crippen molar-refractivity contribution in [1.82, 2.24) is 9.55 Å². The maximum atomic E-state index is 8.80. The van der Waals surface area contributed by atoms with Crippen LogP contribution in [0, 0.1) is 11.3 Å². The van der Waals surface area contributed by atoms with E-state index in [2.05, 4.69) is 28.5 Å². The summed E-state index contributed by atoms with van der Waals surface area (Å²) in [7, 11) is 2.00. The number of aromatic nitrogens is 2. The molecule has 1 aromatic heterocycles. The molecule has 2 aromatic carbocycles. The highest BCUT2D eigenvalue weighted by Gasteiger charge is 2.07. The number of imidazole rings is 1. The van der Waals surface area contributed by atoms with E-state index in [0.717, 1.165) is 22.8 Å². The Kier molecular flexibility index (Phi) is 3.88. The summed E-state index contributed by atoms with van der Waals surface area (Å²) in [5.74, 6) is 0.822. The maximum Gasteiger partial charge on any atom is 0.203 e. The molecule has 0 aliphatic carbocycles. The van der Waals surface area contributed by atoms with E-state index in [1.807, 2.05) is 60.3 Å². The van der Waals surface area contributed by atoms with Gasteiger partial charge in [-0.2, -0.15) is 5.26 Å². The third-order valence-electron chi connectivity index (χ3n) is 3.59. The SMILES string of the molecule is Cn1c(-c2ccccc2)cnc1NCc1ccc(C#N)cc1. The van der Waals surface area contributed by atoms with Crippen molar-refractivity contribution in [3.05, 3.63) is 71.9 Å². The van der Waals surface area contributed by atoms with Crippen LogP contribution in [-0.2, 0) is 13.6 Å². The Morgan fingerprint density at radius 3 is 2.50 bits per heavy atom. The molecule has 22 heavy (non-hydrogen) atoms. The third-order valence-corrected chi connectivity index (χ3v) is 3.59. The van der Waals surface area contributed by atoms with Crippen molar-refractivity contribution in [3.8, 4) is 17.3 Å². The number of nitrogens with one attached hydrogen (secondary N) is 1. The normalized spacial score (nSPS) is 10.2. The lowest BCUT2D eigenvalue weighted by molar-refractivity contribution is 0.907. The van der Waals surface area contributed by atoms with Crippen LogP contribution in [0.5, 0.6) is 0 Å². The van der Waals surface area contributed by atoms with Gasteiger partial charge in [0.05, 0.1) is 23.5 Å². The number of anilines is 1. The van der Waals surface area contributed by atoms with Crippen molar-refractivity contribution in [3.63, 3.8) is 0 Å². The predicted molar refractivity (Wildman–Crippen MR) is 87.1 cm³/mol. The summed E-state index contributed by atoms with van der Waals surface area (Å²) >= 11 is 0. The van der Waals surface area contributed by atoms with Gasteiger partial charge in [-0.25, -0.2) is 4.98 Å². The molecule has 0 bridgehead atoms. The van der Waals surface area contributed by atoms with Crippen LogP contribution in [0.3, 0.4) is 0 Å². The predicted octanol–water partition coefficient (Wildman–Crippen LogP) is 3.57. The van der Waals surface area contributed by atoms with Gasteiger partial charge in [0.1, 0.15) is 0 Å². The van der Waals surface area contributed by atoms with Crippen LogP contribution < -0.4 is 5.32 Å². The van der Waals surface area contributed by atoms with E-state index in [1.165, 1.54) is 0 Å². The van der Waals surface area contributed by atoms with Gasteiger partial charge in [0.25, 0.3) is 0 Å². The molecule has 1 heterocycles. The Hall–Kier alpha value is -3.06. The summed E-state index contributed by atoms with van der Waals surface area (Å²) < 4.78 is 2.04. The number of benzene rings is 2. The van der Waals surface area contributed by atoms with Crippen LogP contribution in [-0.4, -0.2) is 9.55 Å². The van der Waals surface area contributed by atoms with Gasteiger partial charge in [-0.05, 0) is 23.3 Å². The Morgan fingerprint density at radius 2 is 1.82 bits per heavy atom. The molecule has 0 aliphatic rings. The molecule has 0 radical (unpaired) electrons. The smallest absolute Gasteiger partial charge is 0.203 e. The molecule has 3 rings (SSSR count). The number of hydrogen-bond acceptors (Lipinski definition) is 3. The fourth-order valence-electron chi connectivity index (χ4n) is 2.33. The second-order valence-corrected chi connectivity index (χ2v) is 5.05. The fraction of sp³-hybridized carbons (Fsp3) is 0.111. The summed E-state index contributed by atoms with van der Waals surface area (Å²) in [5.41, 5.74) is 4.00. The Labute approximate surface area is 129 Å². The molecule has 4 heteroatoms. The average Bonchev–Trinajstić information content (AvgIpc) is 2.95. The Bertz CT molecular complexity index is 795. The topological polar surface area (TPSA) is 53.6 Å². The molecule has 0 atom stereocenters. The molecule has 0 unspecified atom stereocenters. The minimum atomic E-state index is 0.671. The summed E-state index contributed by atoms with van der Waals surface area (Å²) in [6, 6.07) is 19.9.